The van der Waals surface area contributed by atoms with Crippen molar-refractivity contribution in [3.8, 4) is 5.75 Å². The molecule has 2 aromatic rings. The van der Waals surface area contributed by atoms with Gasteiger partial charge in [-0.25, -0.2) is 0 Å². The van der Waals surface area contributed by atoms with Gasteiger partial charge in [0.25, 0.3) is 5.91 Å². The number of anilines is 1. The Bertz CT molecular complexity index is 611. The summed E-state index contributed by atoms with van der Waals surface area (Å²) in [6.07, 6.45) is 1.79. The minimum Gasteiger partial charge on any atom is -0.484 e. The molecule has 0 aliphatic heterocycles. The highest BCUT2D eigenvalue weighted by Gasteiger charge is 2.09. The number of nitrogens with zero attached hydrogens (tertiary/aromatic N) is 2. The van der Waals surface area contributed by atoms with Gasteiger partial charge in [0.1, 0.15) is 5.75 Å². The van der Waals surface area contributed by atoms with Crippen LogP contribution in [0, 0.1) is 6.92 Å². The summed E-state index contributed by atoms with van der Waals surface area (Å²) in [5.41, 5.74) is 1.14. The second-order valence-corrected chi connectivity index (χ2v) is 6.37. The number of amides is 1. The van der Waals surface area contributed by atoms with Crippen molar-refractivity contribution in [2.24, 2.45) is 0 Å². The van der Waals surface area contributed by atoms with E-state index in [2.05, 4.69) is 22.1 Å². The van der Waals surface area contributed by atoms with E-state index in [1.54, 1.807) is 6.08 Å². The third-order valence-corrected chi connectivity index (χ3v) is 4.34. The number of aryl methyl sites for hydroxylation is 1. The van der Waals surface area contributed by atoms with E-state index in [0.717, 1.165) is 15.7 Å². The molecule has 0 fully saturated rings. The first-order valence-corrected chi connectivity index (χ1v) is 8.04. The van der Waals surface area contributed by atoms with E-state index in [1.165, 1.54) is 23.1 Å². The Morgan fingerprint density at radius 1 is 1.43 bits per heavy atom. The van der Waals surface area contributed by atoms with Crippen LogP contribution >= 0.6 is 23.1 Å². The lowest BCUT2D eigenvalue weighted by atomic mass is 10.2. The molecule has 2 rings (SSSR count). The van der Waals surface area contributed by atoms with Crippen molar-refractivity contribution >= 4 is 34.1 Å². The first-order chi connectivity index (χ1) is 10.2. The molecule has 0 radical (unpaired) electrons. The molecule has 0 saturated heterocycles. The van der Waals surface area contributed by atoms with Gasteiger partial charge in [-0.05, 0) is 19.1 Å². The summed E-state index contributed by atoms with van der Waals surface area (Å²) in [5.74, 6) is 1.17. The van der Waals surface area contributed by atoms with Crippen LogP contribution in [0.1, 0.15) is 5.56 Å². The smallest absolute Gasteiger partial charge is 0.264 e. The van der Waals surface area contributed by atoms with Crippen molar-refractivity contribution < 1.29 is 9.53 Å². The van der Waals surface area contributed by atoms with Gasteiger partial charge in [-0.2, -0.15) is 0 Å². The molecule has 0 aliphatic carbocycles. The Morgan fingerprint density at radius 3 is 2.90 bits per heavy atom. The Morgan fingerprint density at radius 2 is 2.19 bits per heavy atom. The number of carbonyl (C=O) groups excluding carboxylic acids is 1. The standard InChI is InChI=1S/C14H15N3O2S2/c1-3-8-20-14-17-16-13(21-14)15-12(18)9-19-11-6-4-10(2)5-7-11/h3-7H,1,8-9H2,2H3,(H,15,16,18). The maximum atomic E-state index is 11.8. The van der Waals surface area contributed by atoms with Crippen molar-refractivity contribution in [2.45, 2.75) is 11.3 Å². The normalized spacial score (nSPS) is 10.1. The summed E-state index contributed by atoms with van der Waals surface area (Å²) in [4.78, 5) is 11.8. The Hall–Kier alpha value is -1.86. The zero-order valence-corrected chi connectivity index (χ0v) is 13.2. The van der Waals surface area contributed by atoms with Gasteiger partial charge in [0.15, 0.2) is 10.9 Å². The van der Waals surface area contributed by atoms with E-state index >= 15 is 0 Å². The molecule has 0 unspecified atom stereocenters. The summed E-state index contributed by atoms with van der Waals surface area (Å²) in [5, 5.41) is 11.0. The molecule has 21 heavy (non-hydrogen) atoms. The van der Waals surface area contributed by atoms with E-state index in [1.807, 2.05) is 31.2 Å². The molecule has 5 nitrogen and oxygen atoms in total. The molecule has 0 spiro atoms. The predicted molar refractivity (Wildman–Crippen MR) is 86.1 cm³/mol. The molecule has 1 aromatic carbocycles. The van der Waals surface area contributed by atoms with Gasteiger partial charge in [-0.3, -0.25) is 10.1 Å². The van der Waals surface area contributed by atoms with Gasteiger partial charge in [0.05, 0.1) is 0 Å². The quantitative estimate of drug-likeness (QED) is 0.482. The van der Waals surface area contributed by atoms with Crippen LogP contribution in [0.4, 0.5) is 5.13 Å². The Kier molecular flexibility index (Phi) is 5.77. The number of aromatic nitrogens is 2. The van der Waals surface area contributed by atoms with Crippen LogP contribution in [0.15, 0.2) is 41.3 Å². The number of ether oxygens (including phenoxy) is 1. The van der Waals surface area contributed by atoms with Crippen LogP contribution < -0.4 is 10.1 Å². The van der Waals surface area contributed by atoms with E-state index < -0.39 is 0 Å². The maximum absolute atomic E-state index is 11.8. The maximum Gasteiger partial charge on any atom is 0.264 e. The van der Waals surface area contributed by atoms with Crippen LogP contribution in [0.25, 0.3) is 0 Å². The second kappa shape index (κ2) is 7.80. The van der Waals surface area contributed by atoms with Crippen LogP contribution in [-0.2, 0) is 4.79 Å². The number of benzene rings is 1. The number of hydrogen-bond donors (Lipinski definition) is 1. The molecule has 0 aliphatic rings. The Balaban J connectivity index is 1.80. The average molecular weight is 321 g/mol. The first-order valence-electron chi connectivity index (χ1n) is 6.24. The molecule has 0 bridgehead atoms. The Labute approximate surface area is 131 Å². The van der Waals surface area contributed by atoms with E-state index in [0.29, 0.717) is 10.9 Å². The SMILES string of the molecule is C=CCSc1nnc(NC(=O)COc2ccc(C)cc2)s1. The molecule has 1 amide bonds. The largest absolute Gasteiger partial charge is 0.484 e. The summed E-state index contributed by atoms with van der Waals surface area (Å²) in [6, 6.07) is 7.53. The van der Waals surface area contributed by atoms with Crippen molar-refractivity contribution in [2.75, 3.05) is 17.7 Å². The van der Waals surface area contributed by atoms with E-state index in [9.17, 15) is 4.79 Å². The third-order valence-electron chi connectivity index (χ3n) is 2.37. The lowest BCUT2D eigenvalue weighted by molar-refractivity contribution is -0.118. The van der Waals surface area contributed by atoms with Crippen molar-refractivity contribution in [3.05, 3.63) is 42.5 Å². The van der Waals surface area contributed by atoms with Gasteiger partial charge in [0.2, 0.25) is 5.13 Å². The summed E-state index contributed by atoms with van der Waals surface area (Å²) in [7, 11) is 0. The van der Waals surface area contributed by atoms with Gasteiger partial charge in [-0.1, -0.05) is 46.9 Å². The zero-order valence-electron chi connectivity index (χ0n) is 11.5. The average Bonchev–Trinajstić information content (AvgIpc) is 2.92. The summed E-state index contributed by atoms with van der Waals surface area (Å²) < 4.78 is 6.19. The van der Waals surface area contributed by atoms with Crippen LogP contribution in [0.3, 0.4) is 0 Å². The highest BCUT2D eigenvalue weighted by molar-refractivity contribution is 8.01. The first kappa shape index (κ1) is 15.5. The number of thioether (sulfide) groups is 1. The monoisotopic (exact) mass is 321 g/mol. The van der Waals surface area contributed by atoms with E-state index in [4.69, 9.17) is 4.74 Å². The minimum absolute atomic E-state index is 0.0578. The number of rotatable bonds is 7. The minimum atomic E-state index is -0.257. The third kappa shape index (κ3) is 5.20. The second-order valence-electron chi connectivity index (χ2n) is 4.12. The molecule has 7 heteroatoms. The fourth-order valence-corrected chi connectivity index (χ4v) is 2.92. The highest BCUT2D eigenvalue weighted by Crippen LogP contribution is 2.25. The van der Waals surface area contributed by atoms with Gasteiger partial charge < -0.3 is 4.74 Å². The van der Waals surface area contributed by atoms with E-state index in [-0.39, 0.29) is 12.5 Å². The predicted octanol–water partition coefficient (Wildman–Crippen LogP) is 3.14. The van der Waals surface area contributed by atoms with Crippen molar-refractivity contribution in [1.82, 2.24) is 10.2 Å². The fraction of sp³-hybridized carbons (Fsp3) is 0.214. The lowest BCUT2D eigenvalue weighted by Crippen LogP contribution is -2.20. The molecular formula is C14H15N3O2S2. The van der Waals surface area contributed by atoms with Crippen molar-refractivity contribution in [3.63, 3.8) is 0 Å². The summed E-state index contributed by atoms with van der Waals surface area (Å²) in [6.45, 7) is 5.58. The highest BCUT2D eigenvalue weighted by atomic mass is 32.2. The number of hydrogen-bond acceptors (Lipinski definition) is 6. The molecular weight excluding hydrogens is 306 g/mol. The van der Waals surface area contributed by atoms with Crippen LogP contribution in [0.5, 0.6) is 5.75 Å². The van der Waals surface area contributed by atoms with Gasteiger partial charge >= 0.3 is 0 Å². The van der Waals surface area contributed by atoms with Crippen LogP contribution in [-0.4, -0.2) is 28.5 Å². The van der Waals surface area contributed by atoms with Gasteiger partial charge in [0, 0.05) is 5.75 Å². The van der Waals surface area contributed by atoms with Gasteiger partial charge in [-0.15, -0.1) is 16.8 Å². The molecule has 0 saturated carbocycles. The molecule has 1 heterocycles. The van der Waals surface area contributed by atoms with Crippen molar-refractivity contribution in [1.29, 1.82) is 0 Å². The molecule has 1 aromatic heterocycles. The molecule has 0 atom stereocenters. The number of carbonyl (C=O) groups is 1. The lowest BCUT2D eigenvalue weighted by Gasteiger charge is -2.05. The topological polar surface area (TPSA) is 64.1 Å². The summed E-state index contributed by atoms with van der Waals surface area (Å²) >= 11 is 2.85. The zero-order chi connectivity index (χ0) is 15.1. The number of nitrogens with one attached hydrogen (secondary N) is 1. The molecule has 110 valence electrons. The van der Waals surface area contributed by atoms with Crippen LogP contribution in [0.2, 0.25) is 0 Å². The fourth-order valence-electron chi connectivity index (χ4n) is 1.39. The molecule has 1 N–H and O–H groups in total.